The van der Waals surface area contributed by atoms with Crippen molar-refractivity contribution in [2.24, 2.45) is 0 Å². The molecule has 2 aliphatic rings. The van der Waals surface area contributed by atoms with E-state index >= 15 is 0 Å². The molecule has 0 unspecified atom stereocenters. The summed E-state index contributed by atoms with van der Waals surface area (Å²) in [5.41, 5.74) is 2.94. The zero-order valence-electron chi connectivity index (χ0n) is 17.0. The number of carboxylic acid groups (broad SMARTS) is 1. The molecular weight excluding hydrogens is 432 g/mol. The summed E-state index contributed by atoms with van der Waals surface area (Å²) in [5, 5.41) is 8.17. The third kappa shape index (κ3) is 4.83. The maximum atomic E-state index is 12.8. The number of rotatable bonds is 6. The molecule has 0 aromatic heterocycles. The lowest BCUT2D eigenvalue weighted by Gasteiger charge is -2.29. The van der Waals surface area contributed by atoms with Gasteiger partial charge < -0.3 is 14.7 Å². The number of carbonyl (C=O) groups is 4. The van der Waals surface area contributed by atoms with Crippen LogP contribution < -0.4 is 4.74 Å². The Bertz CT molecular complexity index is 1110. The molecule has 2 heterocycles. The molecule has 0 saturated carbocycles. The first kappa shape index (κ1) is 21.6. The summed E-state index contributed by atoms with van der Waals surface area (Å²) in [5.74, 6) is -1.46. The number of aliphatic carboxylic acids is 1. The van der Waals surface area contributed by atoms with Gasteiger partial charge in [-0.25, -0.2) is 4.79 Å². The van der Waals surface area contributed by atoms with Gasteiger partial charge >= 0.3 is 5.97 Å². The lowest BCUT2D eigenvalue weighted by molar-refractivity contribution is -0.139. The quantitative estimate of drug-likeness (QED) is 0.672. The Balaban J connectivity index is 1.39. The third-order valence-corrected chi connectivity index (χ3v) is 6.10. The largest absolute Gasteiger partial charge is 0.482 e. The van der Waals surface area contributed by atoms with E-state index in [4.69, 9.17) is 9.84 Å². The van der Waals surface area contributed by atoms with Crippen molar-refractivity contribution in [3.63, 3.8) is 0 Å². The SMILES string of the molecule is O=C(O)COc1ccc(/C=C2/SC(=O)N(CC(=O)N3CCc4ccccc4C3)C2=O)cc1. The molecule has 1 fully saturated rings. The normalized spacial score (nSPS) is 16.9. The first-order valence-corrected chi connectivity index (χ1v) is 10.8. The van der Waals surface area contributed by atoms with E-state index in [-0.39, 0.29) is 17.4 Å². The van der Waals surface area contributed by atoms with E-state index in [1.807, 2.05) is 24.3 Å². The Labute approximate surface area is 188 Å². The molecule has 0 bridgehead atoms. The Morgan fingerprint density at radius 2 is 1.78 bits per heavy atom. The average molecular weight is 452 g/mol. The second kappa shape index (κ2) is 9.27. The van der Waals surface area contributed by atoms with Crippen LogP contribution in [0.4, 0.5) is 4.79 Å². The summed E-state index contributed by atoms with van der Waals surface area (Å²) in [6, 6.07) is 14.4. The molecule has 32 heavy (non-hydrogen) atoms. The van der Waals surface area contributed by atoms with Gasteiger partial charge in [0.25, 0.3) is 11.1 Å². The van der Waals surface area contributed by atoms with Crippen molar-refractivity contribution < 1.29 is 29.0 Å². The van der Waals surface area contributed by atoms with Crippen LogP contribution in [-0.4, -0.2) is 57.6 Å². The summed E-state index contributed by atoms with van der Waals surface area (Å²) < 4.78 is 5.07. The van der Waals surface area contributed by atoms with Crippen LogP contribution in [0.25, 0.3) is 6.08 Å². The van der Waals surface area contributed by atoms with Crippen LogP contribution >= 0.6 is 11.8 Å². The predicted octanol–water partition coefficient (Wildman–Crippen LogP) is 2.77. The second-order valence-electron chi connectivity index (χ2n) is 7.35. The van der Waals surface area contributed by atoms with Gasteiger partial charge in [-0.1, -0.05) is 36.4 Å². The van der Waals surface area contributed by atoms with Gasteiger partial charge in [0.05, 0.1) is 4.91 Å². The number of carboxylic acids is 1. The number of carbonyl (C=O) groups excluding carboxylic acids is 3. The highest BCUT2D eigenvalue weighted by atomic mass is 32.2. The lowest BCUT2D eigenvalue weighted by atomic mass is 10.00. The van der Waals surface area contributed by atoms with Crippen LogP contribution in [0.15, 0.2) is 53.4 Å². The van der Waals surface area contributed by atoms with Gasteiger partial charge in [-0.2, -0.15) is 0 Å². The molecule has 164 valence electrons. The van der Waals surface area contributed by atoms with Gasteiger partial charge in [0.15, 0.2) is 6.61 Å². The minimum atomic E-state index is -1.08. The highest BCUT2D eigenvalue weighted by molar-refractivity contribution is 8.18. The number of amides is 3. The van der Waals surface area contributed by atoms with Crippen LogP contribution in [0.1, 0.15) is 16.7 Å². The van der Waals surface area contributed by atoms with E-state index in [0.717, 1.165) is 28.6 Å². The molecule has 0 spiro atoms. The Kier molecular flexibility index (Phi) is 6.27. The minimum Gasteiger partial charge on any atom is -0.482 e. The topological polar surface area (TPSA) is 104 Å². The van der Waals surface area contributed by atoms with Crippen LogP contribution in [0.2, 0.25) is 0 Å². The van der Waals surface area contributed by atoms with Crippen molar-refractivity contribution in [3.05, 3.63) is 70.1 Å². The smallest absolute Gasteiger partial charge is 0.341 e. The number of fused-ring (bicyclic) bond motifs is 1. The molecule has 0 atom stereocenters. The molecule has 2 aromatic rings. The van der Waals surface area contributed by atoms with E-state index in [9.17, 15) is 19.2 Å². The van der Waals surface area contributed by atoms with Gasteiger partial charge in [-0.3, -0.25) is 19.3 Å². The van der Waals surface area contributed by atoms with Gasteiger partial charge in [0.1, 0.15) is 12.3 Å². The zero-order chi connectivity index (χ0) is 22.7. The fourth-order valence-corrected chi connectivity index (χ4v) is 4.38. The van der Waals surface area contributed by atoms with Crippen molar-refractivity contribution in [1.82, 2.24) is 9.80 Å². The van der Waals surface area contributed by atoms with Crippen LogP contribution in [0, 0.1) is 0 Å². The Hall–Kier alpha value is -3.59. The zero-order valence-corrected chi connectivity index (χ0v) is 17.8. The maximum Gasteiger partial charge on any atom is 0.341 e. The van der Waals surface area contributed by atoms with E-state index in [2.05, 4.69) is 0 Å². The van der Waals surface area contributed by atoms with Crippen molar-refractivity contribution in [3.8, 4) is 5.75 Å². The summed E-state index contributed by atoms with van der Waals surface area (Å²) in [4.78, 5) is 51.3. The fraction of sp³-hybridized carbons (Fsp3) is 0.217. The third-order valence-electron chi connectivity index (χ3n) is 5.19. The van der Waals surface area contributed by atoms with E-state index in [1.165, 1.54) is 5.56 Å². The highest BCUT2D eigenvalue weighted by Gasteiger charge is 2.37. The summed E-state index contributed by atoms with van der Waals surface area (Å²) >= 11 is 0.791. The molecule has 2 aromatic carbocycles. The van der Waals surface area contributed by atoms with Crippen LogP contribution in [0.3, 0.4) is 0 Å². The average Bonchev–Trinajstić information content (AvgIpc) is 3.05. The van der Waals surface area contributed by atoms with Crippen molar-refractivity contribution >= 4 is 40.9 Å². The number of ether oxygens (including phenoxy) is 1. The van der Waals surface area contributed by atoms with Gasteiger partial charge in [-0.15, -0.1) is 0 Å². The molecule has 0 aliphatic carbocycles. The van der Waals surface area contributed by atoms with E-state index in [1.54, 1.807) is 35.2 Å². The Morgan fingerprint density at radius 3 is 2.50 bits per heavy atom. The van der Waals surface area contributed by atoms with Crippen molar-refractivity contribution in [1.29, 1.82) is 0 Å². The van der Waals surface area contributed by atoms with E-state index in [0.29, 0.717) is 24.4 Å². The Morgan fingerprint density at radius 1 is 1.06 bits per heavy atom. The first-order chi connectivity index (χ1) is 15.4. The van der Waals surface area contributed by atoms with Gasteiger partial charge in [-0.05, 0) is 53.1 Å². The maximum absolute atomic E-state index is 12.8. The number of imide groups is 1. The standard InChI is InChI=1S/C23H20N2O6S/c26-20(24-10-9-16-3-1-2-4-17(16)12-24)13-25-22(29)19(32-23(25)30)11-15-5-7-18(8-6-15)31-14-21(27)28/h1-8,11H,9-10,12-14H2,(H,27,28)/b19-11+. The van der Waals surface area contributed by atoms with Crippen LogP contribution in [-0.2, 0) is 27.3 Å². The summed E-state index contributed by atoms with van der Waals surface area (Å²) in [6.45, 7) is 0.288. The van der Waals surface area contributed by atoms with E-state index < -0.39 is 23.7 Å². The molecule has 1 N–H and O–H groups in total. The minimum absolute atomic E-state index is 0.228. The molecule has 2 aliphatic heterocycles. The molecule has 9 heteroatoms. The number of hydrogen-bond donors (Lipinski definition) is 1. The monoisotopic (exact) mass is 452 g/mol. The first-order valence-electron chi connectivity index (χ1n) is 9.95. The molecule has 0 radical (unpaired) electrons. The summed E-state index contributed by atoms with van der Waals surface area (Å²) in [7, 11) is 0. The highest BCUT2D eigenvalue weighted by Crippen LogP contribution is 2.32. The molecule has 8 nitrogen and oxygen atoms in total. The van der Waals surface area contributed by atoms with Gasteiger partial charge in [0.2, 0.25) is 5.91 Å². The lowest BCUT2D eigenvalue weighted by Crippen LogP contribution is -2.44. The molecule has 4 rings (SSSR count). The second-order valence-corrected chi connectivity index (χ2v) is 8.35. The van der Waals surface area contributed by atoms with Gasteiger partial charge in [0, 0.05) is 13.1 Å². The number of nitrogens with zero attached hydrogens (tertiary/aromatic N) is 2. The number of benzene rings is 2. The van der Waals surface area contributed by atoms with Crippen molar-refractivity contribution in [2.75, 3.05) is 19.7 Å². The molecule has 3 amide bonds. The molecule has 1 saturated heterocycles. The number of thioether (sulfide) groups is 1. The number of hydrogen-bond acceptors (Lipinski definition) is 6. The van der Waals surface area contributed by atoms with Crippen molar-refractivity contribution in [2.45, 2.75) is 13.0 Å². The predicted molar refractivity (Wildman–Crippen MR) is 118 cm³/mol. The molecular formula is C23H20N2O6S. The summed E-state index contributed by atoms with van der Waals surface area (Å²) in [6.07, 6.45) is 2.31. The van der Waals surface area contributed by atoms with Crippen LogP contribution in [0.5, 0.6) is 5.75 Å². The fourth-order valence-electron chi connectivity index (χ4n) is 3.54.